The van der Waals surface area contributed by atoms with Crippen LogP contribution in [0.5, 0.6) is 0 Å². The van der Waals surface area contributed by atoms with Crippen LogP contribution in [0, 0.1) is 5.92 Å². The summed E-state index contributed by atoms with van der Waals surface area (Å²) >= 11 is 0. The van der Waals surface area contributed by atoms with E-state index in [0.29, 0.717) is 18.5 Å². The molecule has 5 nitrogen and oxygen atoms in total. The highest BCUT2D eigenvalue weighted by Crippen LogP contribution is 2.22. The molecule has 1 aromatic carbocycles. The third-order valence-corrected chi connectivity index (χ3v) is 6.48. The topological polar surface area (TPSA) is 30.0 Å². The van der Waals surface area contributed by atoms with Crippen LogP contribution in [0.4, 0.5) is 0 Å². The fourth-order valence-corrected chi connectivity index (χ4v) is 4.70. The molecular weight excluding hydrogens is 348 g/mol. The number of hydrogen-bond acceptors (Lipinski definition) is 4. The molecule has 0 unspecified atom stereocenters. The van der Waals surface area contributed by atoms with E-state index in [1.807, 2.05) is 11.9 Å². The maximum atomic E-state index is 13.2. The summed E-state index contributed by atoms with van der Waals surface area (Å²) in [5.41, 5.74) is 2.66. The molecule has 0 aromatic heterocycles. The third-order valence-electron chi connectivity index (χ3n) is 6.48. The van der Waals surface area contributed by atoms with Gasteiger partial charge in [-0.3, -0.25) is 9.69 Å². The molecule has 2 saturated heterocycles. The number of carbonyl (C=O) groups excluding carboxylic acids is 1. The van der Waals surface area contributed by atoms with Crippen molar-refractivity contribution < 1.29 is 4.79 Å². The van der Waals surface area contributed by atoms with Crippen LogP contribution < -0.4 is 0 Å². The Hall–Kier alpha value is -1.43. The Morgan fingerprint density at radius 3 is 2.39 bits per heavy atom. The van der Waals surface area contributed by atoms with Crippen molar-refractivity contribution in [1.82, 2.24) is 19.6 Å². The van der Waals surface area contributed by atoms with Gasteiger partial charge in [0.2, 0.25) is 5.91 Å². The van der Waals surface area contributed by atoms with E-state index < -0.39 is 0 Å². The first-order valence-electron chi connectivity index (χ1n) is 10.8. The fourth-order valence-electron chi connectivity index (χ4n) is 4.70. The lowest BCUT2D eigenvalue weighted by Gasteiger charge is -2.27. The van der Waals surface area contributed by atoms with Crippen molar-refractivity contribution in [3.05, 3.63) is 35.4 Å². The standard InChI is InChI=1S/C23H38N4O/c1-24(2)22-12-11-21(15-25(3)18-22)23(28)26(4)16-19-9-5-6-10-20(19)17-27-13-7-8-14-27/h5-6,9-10,21-22H,7-8,11-18H2,1-4H3/t21-,22+/m1/s1. The molecular formula is C23H38N4O. The Bertz CT molecular complexity index is 641. The largest absolute Gasteiger partial charge is 0.341 e. The van der Waals surface area contributed by atoms with Crippen molar-refractivity contribution in [1.29, 1.82) is 0 Å². The maximum absolute atomic E-state index is 13.2. The zero-order chi connectivity index (χ0) is 20.1. The van der Waals surface area contributed by atoms with Gasteiger partial charge in [-0.1, -0.05) is 24.3 Å². The summed E-state index contributed by atoms with van der Waals surface area (Å²) in [6.07, 6.45) is 4.69. The Kier molecular flexibility index (Phi) is 7.49. The lowest BCUT2D eigenvalue weighted by molar-refractivity contribution is -0.135. The van der Waals surface area contributed by atoms with Gasteiger partial charge in [0, 0.05) is 39.3 Å². The Morgan fingerprint density at radius 2 is 1.71 bits per heavy atom. The van der Waals surface area contributed by atoms with E-state index in [1.165, 1.54) is 37.1 Å². The van der Waals surface area contributed by atoms with Gasteiger partial charge >= 0.3 is 0 Å². The van der Waals surface area contributed by atoms with Crippen LogP contribution in [0.3, 0.4) is 0 Å². The second-order valence-corrected chi connectivity index (χ2v) is 9.06. The van der Waals surface area contributed by atoms with E-state index in [-0.39, 0.29) is 5.92 Å². The van der Waals surface area contributed by atoms with Crippen molar-refractivity contribution in [2.24, 2.45) is 5.92 Å². The number of rotatable bonds is 6. The van der Waals surface area contributed by atoms with Gasteiger partial charge in [-0.05, 0) is 71.0 Å². The Labute approximate surface area is 171 Å². The van der Waals surface area contributed by atoms with E-state index >= 15 is 0 Å². The summed E-state index contributed by atoms with van der Waals surface area (Å²) in [6, 6.07) is 9.18. The number of benzene rings is 1. The summed E-state index contributed by atoms with van der Waals surface area (Å²) in [5, 5.41) is 0. The van der Waals surface area contributed by atoms with Crippen molar-refractivity contribution >= 4 is 5.91 Å². The first-order valence-corrected chi connectivity index (χ1v) is 10.8. The number of carbonyl (C=O) groups is 1. The molecule has 5 heteroatoms. The summed E-state index contributed by atoms with van der Waals surface area (Å²) in [6.45, 7) is 6.02. The minimum absolute atomic E-state index is 0.102. The molecule has 2 aliphatic rings. The molecule has 0 aliphatic carbocycles. The van der Waals surface area contributed by atoms with Crippen molar-refractivity contribution in [3.63, 3.8) is 0 Å². The number of nitrogens with zero attached hydrogens (tertiary/aromatic N) is 4. The number of hydrogen-bond donors (Lipinski definition) is 0. The quantitative estimate of drug-likeness (QED) is 0.752. The third kappa shape index (κ3) is 5.56. The molecule has 0 N–H and O–H groups in total. The number of likely N-dealkylation sites (N-methyl/N-ethyl adjacent to an activating group) is 2. The van der Waals surface area contributed by atoms with Gasteiger partial charge in [-0.2, -0.15) is 0 Å². The highest BCUT2D eigenvalue weighted by molar-refractivity contribution is 5.79. The van der Waals surface area contributed by atoms with Gasteiger partial charge in [-0.15, -0.1) is 0 Å². The number of likely N-dealkylation sites (tertiary alicyclic amines) is 2. The molecule has 1 aromatic rings. The molecule has 156 valence electrons. The predicted molar refractivity (Wildman–Crippen MR) is 115 cm³/mol. The fraction of sp³-hybridized carbons (Fsp3) is 0.696. The first-order chi connectivity index (χ1) is 13.4. The molecule has 0 bridgehead atoms. The SMILES string of the molecule is CN1C[C@H](C(=O)N(C)Cc2ccccc2CN2CCCC2)CC[C@H](N(C)C)C1. The van der Waals surface area contributed by atoms with E-state index in [2.05, 4.69) is 60.1 Å². The second kappa shape index (κ2) is 9.86. The average Bonchev–Trinajstić information content (AvgIpc) is 3.09. The van der Waals surface area contributed by atoms with Crippen LogP contribution in [0.25, 0.3) is 0 Å². The highest BCUT2D eigenvalue weighted by Gasteiger charge is 2.29. The molecule has 0 spiro atoms. The second-order valence-electron chi connectivity index (χ2n) is 9.06. The van der Waals surface area contributed by atoms with Crippen molar-refractivity contribution in [2.75, 3.05) is 54.4 Å². The van der Waals surface area contributed by atoms with Crippen LogP contribution in [-0.2, 0) is 17.9 Å². The maximum Gasteiger partial charge on any atom is 0.227 e. The molecule has 2 heterocycles. The molecule has 28 heavy (non-hydrogen) atoms. The van der Waals surface area contributed by atoms with Crippen LogP contribution >= 0.6 is 0 Å². The average molecular weight is 387 g/mol. The summed E-state index contributed by atoms with van der Waals surface area (Å²) in [5.74, 6) is 0.396. The first kappa shape index (κ1) is 21.3. The van der Waals surface area contributed by atoms with Gasteiger partial charge < -0.3 is 14.7 Å². The molecule has 0 radical (unpaired) electrons. The Morgan fingerprint density at radius 1 is 1.04 bits per heavy atom. The smallest absolute Gasteiger partial charge is 0.227 e. The molecule has 2 atom stereocenters. The lowest BCUT2D eigenvalue weighted by Crippen LogP contribution is -2.39. The Balaban J connectivity index is 1.62. The normalized spacial score (nSPS) is 24.5. The van der Waals surface area contributed by atoms with E-state index in [0.717, 1.165) is 32.5 Å². The molecule has 2 fully saturated rings. The molecule has 3 rings (SSSR count). The summed E-state index contributed by atoms with van der Waals surface area (Å²) in [4.78, 5) is 22.3. The molecule has 1 amide bonds. The van der Waals surface area contributed by atoms with E-state index in [4.69, 9.17) is 0 Å². The predicted octanol–water partition coefficient (Wildman–Crippen LogP) is 2.51. The molecule has 2 aliphatic heterocycles. The van der Waals surface area contributed by atoms with Crippen LogP contribution in [-0.4, -0.2) is 85.9 Å². The zero-order valence-electron chi connectivity index (χ0n) is 18.2. The van der Waals surface area contributed by atoms with Gasteiger partial charge in [0.05, 0.1) is 5.92 Å². The van der Waals surface area contributed by atoms with E-state index in [9.17, 15) is 4.79 Å². The minimum atomic E-state index is 0.102. The van der Waals surface area contributed by atoms with Gasteiger partial charge in [0.15, 0.2) is 0 Å². The zero-order valence-corrected chi connectivity index (χ0v) is 18.2. The highest BCUT2D eigenvalue weighted by atomic mass is 16.2. The van der Waals surface area contributed by atoms with Crippen LogP contribution in [0.1, 0.15) is 36.8 Å². The molecule has 0 saturated carbocycles. The monoisotopic (exact) mass is 386 g/mol. The van der Waals surface area contributed by atoms with Crippen LogP contribution in [0.15, 0.2) is 24.3 Å². The minimum Gasteiger partial charge on any atom is -0.341 e. The van der Waals surface area contributed by atoms with Gasteiger partial charge in [-0.25, -0.2) is 0 Å². The van der Waals surface area contributed by atoms with Gasteiger partial charge in [0.1, 0.15) is 0 Å². The van der Waals surface area contributed by atoms with Gasteiger partial charge in [0.25, 0.3) is 0 Å². The number of amides is 1. The van der Waals surface area contributed by atoms with Crippen molar-refractivity contribution in [2.45, 2.75) is 44.8 Å². The summed E-state index contributed by atoms with van der Waals surface area (Å²) in [7, 11) is 8.41. The van der Waals surface area contributed by atoms with E-state index in [1.54, 1.807) is 0 Å². The van der Waals surface area contributed by atoms with Crippen LogP contribution in [0.2, 0.25) is 0 Å². The summed E-state index contributed by atoms with van der Waals surface area (Å²) < 4.78 is 0. The van der Waals surface area contributed by atoms with Crippen molar-refractivity contribution in [3.8, 4) is 0 Å². The lowest BCUT2D eigenvalue weighted by atomic mass is 9.99.